The molecule has 1 saturated heterocycles. The molecule has 0 bridgehead atoms. The molecule has 0 aromatic heterocycles. The van der Waals surface area contributed by atoms with E-state index in [0.717, 1.165) is 0 Å². The first-order valence-corrected chi connectivity index (χ1v) is 9.65. The third-order valence-corrected chi connectivity index (χ3v) is 5.67. The number of carbonyl (C=O) groups is 1. The Kier molecular flexibility index (Phi) is 5.42. The summed E-state index contributed by atoms with van der Waals surface area (Å²) in [6.07, 6.45) is 0. The average molecular weight is 402 g/mol. The van der Waals surface area contributed by atoms with E-state index in [4.69, 9.17) is 14.0 Å². The maximum absolute atomic E-state index is 13.3. The molecule has 1 aliphatic heterocycles. The van der Waals surface area contributed by atoms with Crippen LogP contribution in [-0.4, -0.2) is 39.8 Å². The Morgan fingerprint density at radius 1 is 1.00 bits per heavy atom. The second-order valence-electron chi connectivity index (χ2n) is 7.55. The van der Waals surface area contributed by atoms with Gasteiger partial charge in [0.1, 0.15) is 0 Å². The molecule has 1 aromatic carbocycles. The quantitative estimate of drug-likeness (QED) is 0.434. The summed E-state index contributed by atoms with van der Waals surface area (Å²) in [4.78, 5) is 12.3. The summed E-state index contributed by atoms with van der Waals surface area (Å²) < 4.78 is 56.9. The van der Waals surface area contributed by atoms with E-state index >= 15 is 0 Å². The van der Waals surface area contributed by atoms with Gasteiger partial charge in [-0.2, -0.15) is 8.42 Å². The molecular weight excluding hydrogens is 378 g/mol. The maximum Gasteiger partial charge on any atom is 0.495 e. The fraction of sp³-hybridized carbons (Fsp3) is 0.588. The second-order valence-corrected chi connectivity index (χ2v) is 8.50. The van der Waals surface area contributed by atoms with Crippen LogP contribution in [0.15, 0.2) is 0 Å². The lowest BCUT2D eigenvalue weighted by Crippen LogP contribution is -2.41. The highest BCUT2D eigenvalue weighted by atomic mass is 32.3. The van der Waals surface area contributed by atoms with E-state index in [1.807, 2.05) is 27.7 Å². The predicted octanol–water partition coefficient (Wildman–Crippen LogP) is 2.29. The molecule has 0 aliphatic carbocycles. The highest BCUT2D eigenvalue weighted by molar-refractivity contribution is 7.81. The molecule has 0 atom stereocenters. The van der Waals surface area contributed by atoms with Crippen molar-refractivity contribution in [2.45, 2.75) is 59.7 Å². The largest absolute Gasteiger partial charge is 0.495 e. The van der Waals surface area contributed by atoms with Crippen LogP contribution in [0.1, 0.15) is 54.7 Å². The van der Waals surface area contributed by atoms with Crippen LogP contribution >= 0.6 is 0 Å². The van der Waals surface area contributed by atoms with Gasteiger partial charge in [0.25, 0.3) is 0 Å². The first kappa shape index (κ1) is 21.7. The average Bonchev–Trinajstić information content (AvgIpc) is 2.70. The molecule has 1 fully saturated rings. The second kappa shape index (κ2) is 6.75. The van der Waals surface area contributed by atoms with E-state index in [1.54, 1.807) is 13.8 Å². The van der Waals surface area contributed by atoms with Crippen molar-refractivity contribution < 1.29 is 35.3 Å². The van der Waals surface area contributed by atoms with Crippen LogP contribution in [0.4, 0.5) is 3.89 Å². The first-order valence-electron chi connectivity index (χ1n) is 8.34. The Labute approximate surface area is 159 Å². The minimum Gasteiger partial charge on any atom is -0.465 e. The van der Waals surface area contributed by atoms with E-state index < -0.39 is 34.8 Å². The molecule has 7 nitrogen and oxygen atoms in total. The number of carbonyl (C=O) groups excluding carboxylic acids is 1. The highest BCUT2D eigenvalue weighted by Gasteiger charge is 2.53. The molecule has 1 heterocycles. The van der Waals surface area contributed by atoms with Gasteiger partial charge in [-0.1, -0.05) is 3.89 Å². The highest BCUT2D eigenvalue weighted by Crippen LogP contribution is 2.39. The zero-order valence-corrected chi connectivity index (χ0v) is 17.5. The molecule has 0 saturated carbocycles. The molecule has 150 valence electrons. The van der Waals surface area contributed by atoms with Gasteiger partial charge in [0.15, 0.2) is 5.75 Å². The van der Waals surface area contributed by atoms with Crippen molar-refractivity contribution in [3.8, 4) is 5.75 Å². The van der Waals surface area contributed by atoms with Crippen molar-refractivity contribution in [3.05, 3.63) is 22.3 Å². The van der Waals surface area contributed by atoms with Crippen molar-refractivity contribution in [3.63, 3.8) is 0 Å². The summed E-state index contributed by atoms with van der Waals surface area (Å²) in [5.41, 5.74) is 0.0829. The zero-order valence-electron chi connectivity index (χ0n) is 16.7. The lowest BCUT2D eigenvalue weighted by atomic mass is 9.71. The van der Waals surface area contributed by atoms with Gasteiger partial charge < -0.3 is 18.2 Å². The van der Waals surface area contributed by atoms with E-state index in [1.165, 1.54) is 14.0 Å². The van der Waals surface area contributed by atoms with Crippen LogP contribution in [-0.2, 0) is 24.5 Å². The van der Waals surface area contributed by atoms with Crippen LogP contribution in [0.3, 0.4) is 0 Å². The van der Waals surface area contributed by atoms with Crippen LogP contribution < -0.4 is 9.65 Å². The molecule has 27 heavy (non-hydrogen) atoms. The topological polar surface area (TPSA) is 88.1 Å². The Morgan fingerprint density at radius 2 is 1.48 bits per heavy atom. The summed E-state index contributed by atoms with van der Waals surface area (Å²) in [6, 6.07) is 0. The molecular formula is C17H24BFO7S. The monoisotopic (exact) mass is 402 g/mol. The van der Waals surface area contributed by atoms with Gasteiger partial charge >= 0.3 is 23.6 Å². The molecule has 1 aromatic rings. The van der Waals surface area contributed by atoms with Crippen LogP contribution in [0, 0.1) is 20.8 Å². The van der Waals surface area contributed by atoms with Crippen molar-refractivity contribution >= 4 is 29.1 Å². The van der Waals surface area contributed by atoms with Gasteiger partial charge in [0, 0.05) is 5.56 Å². The number of ether oxygens (including phenoxy) is 1. The third kappa shape index (κ3) is 3.83. The molecule has 0 radical (unpaired) electrons. The molecule has 0 unspecified atom stereocenters. The number of rotatable bonds is 4. The summed E-state index contributed by atoms with van der Waals surface area (Å²) in [6.45, 7) is 12.1. The smallest absolute Gasteiger partial charge is 0.465 e. The fourth-order valence-corrected chi connectivity index (χ4v) is 3.61. The molecule has 2 rings (SSSR count). The Bertz CT molecular complexity index is 877. The fourth-order valence-electron chi connectivity index (χ4n) is 3.16. The zero-order chi connectivity index (χ0) is 20.9. The number of halogens is 1. The Morgan fingerprint density at radius 3 is 1.89 bits per heavy atom. The van der Waals surface area contributed by atoms with Crippen molar-refractivity contribution in [1.82, 2.24) is 0 Å². The molecule has 1 aliphatic rings. The molecule has 0 spiro atoms. The van der Waals surface area contributed by atoms with E-state index in [-0.39, 0.29) is 16.9 Å². The third-order valence-electron chi connectivity index (χ3n) is 5.30. The van der Waals surface area contributed by atoms with Gasteiger partial charge in [0.05, 0.1) is 23.9 Å². The summed E-state index contributed by atoms with van der Waals surface area (Å²) in [7, 11) is -5.01. The Balaban J connectivity index is 2.78. The molecule has 0 amide bonds. The van der Waals surface area contributed by atoms with E-state index in [9.17, 15) is 17.1 Å². The van der Waals surface area contributed by atoms with E-state index in [2.05, 4.69) is 4.18 Å². The summed E-state index contributed by atoms with van der Waals surface area (Å²) in [5.74, 6) is -0.989. The number of esters is 1. The van der Waals surface area contributed by atoms with Crippen LogP contribution in [0.5, 0.6) is 5.75 Å². The summed E-state index contributed by atoms with van der Waals surface area (Å²) in [5, 5.41) is 0. The van der Waals surface area contributed by atoms with Crippen molar-refractivity contribution in [1.29, 1.82) is 0 Å². The van der Waals surface area contributed by atoms with Crippen LogP contribution in [0.2, 0.25) is 0 Å². The maximum atomic E-state index is 13.3. The number of benzene rings is 1. The molecule has 10 heteroatoms. The van der Waals surface area contributed by atoms with Gasteiger partial charge in [-0.15, -0.1) is 0 Å². The molecule has 0 N–H and O–H groups in total. The SMILES string of the molecule is COC(=O)c1c(C)c(OS(=O)(=O)F)c(C)c(B2OC(C)(C)C(C)(C)O2)c1C. The van der Waals surface area contributed by atoms with Crippen LogP contribution in [0.25, 0.3) is 0 Å². The van der Waals surface area contributed by atoms with Crippen molar-refractivity contribution in [2.75, 3.05) is 7.11 Å². The lowest BCUT2D eigenvalue weighted by molar-refractivity contribution is 0.00578. The van der Waals surface area contributed by atoms with Gasteiger partial charge in [-0.05, 0) is 65.1 Å². The normalized spacial score (nSPS) is 18.5. The van der Waals surface area contributed by atoms with Gasteiger partial charge in [-0.25, -0.2) is 4.79 Å². The Hall–Kier alpha value is -1.65. The lowest BCUT2D eigenvalue weighted by Gasteiger charge is -2.32. The first-order chi connectivity index (χ1) is 12.1. The standard InChI is InChI=1S/C17H24BFO7S/c1-9-12(15(20)23-8)10(2)14(24-27(19,21)22)11(3)13(9)18-25-16(4,5)17(6,7)26-18/h1-8H3. The summed E-state index contributed by atoms with van der Waals surface area (Å²) >= 11 is 0. The van der Waals surface area contributed by atoms with Gasteiger partial charge in [-0.3, -0.25) is 0 Å². The number of methoxy groups -OCH3 is 1. The number of hydrogen-bond donors (Lipinski definition) is 0. The minimum atomic E-state index is -5.30. The number of hydrogen-bond acceptors (Lipinski definition) is 7. The predicted molar refractivity (Wildman–Crippen MR) is 98.4 cm³/mol. The van der Waals surface area contributed by atoms with Gasteiger partial charge in [0.2, 0.25) is 0 Å². The minimum absolute atomic E-state index is 0.0754. The van der Waals surface area contributed by atoms with Crippen molar-refractivity contribution in [2.24, 2.45) is 0 Å². The van der Waals surface area contributed by atoms with E-state index in [0.29, 0.717) is 16.6 Å².